The first-order valence-electron chi connectivity index (χ1n) is 36.0. The van der Waals surface area contributed by atoms with Crippen molar-refractivity contribution in [2.45, 2.75) is 262 Å². The molecule has 0 unspecified atom stereocenters. The third-order valence-corrected chi connectivity index (χ3v) is 19.2. The molecule has 0 radical (unpaired) electrons. The number of rotatable bonds is 33. The molecule has 7 rings (SSSR count). The molecule has 0 N–H and O–H groups in total. The first-order chi connectivity index (χ1) is 55.8. The first kappa shape index (κ1) is 95.7. The summed E-state index contributed by atoms with van der Waals surface area (Å²) in [5, 5.41) is 11.3. The molecule has 5 fully saturated rings. The predicted molar refractivity (Wildman–Crippen MR) is 378 cm³/mol. The Bertz CT molecular complexity index is 4160. The van der Waals surface area contributed by atoms with Gasteiger partial charge in [0, 0.05) is 116 Å². The Hall–Kier alpha value is -10.4. The van der Waals surface area contributed by atoms with Crippen molar-refractivity contribution in [3.8, 4) is 5.75 Å². The second-order valence-electron chi connectivity index (χ2n) is 26.7. The second-order valence-corrected chi connectivity index (χ2v) is 29.2. The number of halogens is 1. The lowest BCUT2D eigenvalue weighted by molar-refractivity contribution is -0.392. The minimum atomic E-state index is -4.54. The molecule has 0 aromatic heterocycles. The highest BCUT2D eigenvalue weighted by molar-refractivity contribution is 7.91. The highest BCUT2D eigenvalue weighted by Gasteiger charge is 2.63. The molecule has 658 valence electrons. The van der Waals surface area contributed by atoms with Gasteiger partial charge in [0.1, 0.15) is 87.1 Å². The van der Waals surface area contributed by atoms with Crippen LogP contribution in [0.25, 0.3) is 0 Å². The van der Waals surface area contributed by atoms with Crippen LogP contribution in [0.5, 0.6) is 5.75 Å². The van der Waals surface area contributed by atoms with E-state index in [1.165, 1.54) is 30.3 Å². The summed E-state index contributed by atoms with van der Waals surface area (Å²) >= 11 is 6.41. The molecule has 0 bridgehead atoms. The van der Waals surface area contributed by atoms with E-state index in [4.69, 9.17) is 130 Å². The average molecular weight is 1740 g/mol. The lowest BCUT2D eigenvalue weighted by Crippen LogP contribution is -2.70. The van der Waals surface area contributed by atoms with Crippen LogP contribution in [-0.4, -0.2) is 289 Å². The van der Waals surface area contributed by atoms with Gasteiger partial charge >= 0.3 is 89.5 Å². The van der Waals surface area contributed by atoms with Crippen molar-refractivity contribution in [1.29, 1.82) is 0 Å². The molecule has 119 heavy (non-hydrogen) atoms. The molecular formula is C72H88ClNO44S. The van der Waals surface area contributed by atoms with Gasteiger partial charge in [0.15, 0.2) is 96.0 Å². The predicted octanol–water partition coefficient (Wildman–Crippen LogP) is 0.767. The van der Waals surface area contributed by atoms with Crippen molar-refractivity contribution in [2.24, 2.45) is 0 Å². The van der Waals surface area contributed by atoms with Gasteiger partial charge in [-0.1, -0.05) is 29.8 Å². The van der Waals surface area contributed by atoms with Crippen LogP contribution < -0.4 is 4.74 Å². The monoisotopic (exact) mass is 1740 g/mol. The third-order valence-electron chi connectivity index (χ3n) is 17.1. The van der Waals surface area contributed by atoms with Gasteiger partial charge < -0.3 is 118 Å². The van der Waals surface area contributed by atoms with Crippen LogP contribution in [0.3, 0.4) is 0 Å². The number of non-ortho nitro benzene ring substituents is 1. The van der Waals surface area contributed by atoms with Crippen LogP contribution in [0.15, 0.2) is 53.4 Å². The first-order valence-corrected chi connectivity index (χ1v) is 38.0. The minimum Gasteiger partial charge on any atom is -0.463 e. The van der Waals surface area contributed by atoms with Crippen molar-refractivity contribution >= 4 is 117 Å². The average Bonchev–Trinajstić information content (AvgIpc) is 0.756. The van der Waals surface area contributed by atoms with E-state index < -0.39 is 301 Å². The van der Waals surface area contributed by atoms with Gasteiger partial charge in [0.25, 0.3) is 5.69 Å². The summed E-state index contributed by atoms with van der Waals surface area (Å²) in [5.41, 5.74) is -0.505. The number of nitro benzene ring substituents is 1. The van der Waals surface area contributed by atoms with E-state index in [0.717, 1.165) is 122 Å². The van der Waals surface area contributed by atoms with Crippen molar-refractivity contribution in [3.63, 3.8) is 0 Å². The summed E-state index contributed by atoms with van der Waals surface area (Å²) in [6.07, 6.45) is -53.7. The van der Waals surface area contributed by atoms with Crippen molar-refractivity contribution in [3.05, 3.63) is 63.7 Å². The van der Waals surface area contributed by atoms with Gasteiger partial charge in [-0.15, -0.1) is 0 Å². The smallest absolute Gasteiger partial charge is 0.303 e. The van der Waals surface area contributed by atoms with E-state index in [9.17, 15) is 90.5 Å². The van der Waals surface area contributed by atoms with Gasteiger partial charge in [0.2, 0.25) is 12.4 Å². The quantitative estimate of drug-likeness (QED) is 0.0412. The Balaban J connectivity index is 1.37. The normalized spacial score (nSPS) is 30.4. The summed E-state index contributed by atoms with van der Waals surface area (Å²) < 4.78 is 178. The lowest BCUT2D eigenvalue weighted by atomic mass is 9.94. The van der Waals surface area contributed by atoms with E-state index in [2.05, 4.69) is 0 Å². The molecule has 47 heteroatoms. The number of nitrogens with zero attached hydrogens (tertiary/aromatic N) is 1. The van der Waals surface area contributed by atoms with Crippen LogP contribution >= 0.6 is 11.6 Å². The highest BCUT2D eigenvalue weighted by atomic mass is 35.5. The van der Waals surface area contributed by atoms with E-state index in [0.29, 0.717) is 0 Å². The van der Waals surface area contributed by atoms with Gasteiger partial charge in [-0.2, -0.15) is 0 Å². The molecule has 0 saturated carbocycles. The Labute approximate surface area is 681 Å². The van der Waals surface area contributed by atoms with Gasteiger partial charge in [-0.3, -0.25) is 82.0 Å². The Morgan fingerprint density at radius 3 is 0.832 bits per heavy atom. The molecule has 0 aliphatic carbocycles. The fourth-order valence-electron chi connectivity index (χ4n) is 13.0. The van der Waals surface area contributed by atoms with Crippen molar-refractivity contribution < 1.29 is 204 Å². The Morgan fingerprint density at radius 1 is 0.328 bits per heavy atom. The maximum absolute atomic E-state index is 14.2. The molecule has 25 atom stereocenters. The summed E-state index contributed by atoms with van der Waals surface area (Å²) in [4.78, 5) is 209. The number of benzene rings is 2. The van der Waals surface area contributed by atoms with Crippen molar-refractivity contribution in [1.82, 2.24) is 0 Å². The Morgan fingerprint density at radius 2 is 0.571 bits per heavy atom. The van der Waals surface area contributed by atoms with E-state index in [1.807, 2.05) is 0 Å². The number of sulfone groups is 1. The molecule has 45 nitrogen and oxygen atoms in total. The molecular weight excluding hydrogens is 1650 g/mol. The summed E-state index contributed by atoms with van der Waals surface area (Å²) in [6.45, 7) is 9.08. The summed E-state index contributed by atoms with van der Waals surface area (Å²) in [6, 6.07) is 9.56. The number of esters is 15. The number of nitro groups is 1. The second kappa shape index (κ2) is 43.0. The molecule has 5 aliphatic rings. The zero-order valence-corrected chi connectivity index (χ0v) is 67.9. The van der Waals surface area contributed by atoms with Crippen LogP contribution in [0.2, 0.25) is 5.02 Å². The number of ether oxygens (including phenoxy) is 25. The maximum atomic E-state index is 14.2. The molecule has 5 saturated heterocycles. The molecule has 2 aromatic carbocycles. The standard InChI is InChI=1S/C72H88ClNO44S/c1-29(75)94-24-48-53(58(99-34(6)80)63(104-39(11)85)68(110-48)109-47-22-21-44(74(90)91)23-46(47)73)115-69-64(105-40(12)86)59(100-35(7)81)54(49(111-69)25-95-30(2)76)116-70-65(106-41(13)87)60(101-36(8)82)55(50(112-70)26-96-31(3)77)117-71-66(107-42(14)88)61(102-37(9)83)56(51(113-71)27-97-32(4)78)118-72-67(108-43(15)89)62(103-38(10)84)57(98-33(5)79)52(114-72)28-119(92,93)45-19-17-16-18-20-45/h16-23,48-72H,24-28H2,1-15H3/t48-,49-,50-,51-,52-,53-,54-,55-,56-,57-,58+,59+,60+,61+,62+,63-,64-,65-,66-,67-,68-,69-,70-,71-,72-/m1/s1. The lowest BCUT2D eigenvalue weighted by Gasteiger charge is -2.51. The van der Waals surface area contributed by atoms with E-state index in [-0.39, 0.29) is 10.6 Å². The molecule has 0 spiro atoms. The van der Waals surface area contributed by atoms with Gasteiger partial charge in [-0.25, -0.2) is 8.42 Å². The highest BCUT2D eigenvalue weighted by Crippen LogP contribution is 2.43. The third kappa shape index (κ3) is 27.3. The van der Waals surface area contributed by atoms with Crippen molar-refractivity contribution in [2.75, 3.05) is 32.2 Å². The van der Waals surface area contributed by atoms with Crippen LogP contribution in [0, 0.1) is 10.1 Å². The molecule has 5 heterocycles. The number of carbonyl (C=O) groups is 15. The van der Waals surface area contributed by atoms with Gasteiger partial charge in [0.05, 0.1) is 20.6 Å². The summed E-state index contributed by atoms with van der Waals surface area (Å²) in [5.74, 6) is -18.8. The largest absolute Gasteiger partial charge is 0.463 e. The molecule has 5 aliphatic heterocycles. The summed E-state index contributed by atoms with van der Waals surface area (Å²) in [7, 11) is -4.54. The van der Waals surface area contributed by atoms with Crippen LogP contribution in [0.1, 0.15) is 104 Å². The maximum Gasteiger partial charge on any atom is 0.303 e. The fourth-order valence-corrected chi connectivity index (χ4v) is 14.7. The molecule has 0 amide bonds. The zero-order valence-electron chi connectivity index (χ0n) is 66.3. The van der Waals surface area contributed by atoms with E-state index in [1.54, 1.807) is 0 Å². The fraction of sp³-hybridized carbons (Fsp3) is 0.625. The molecule has 2 aromatic rings. The van der Waals surface area contributed by atoms with E-state index >= 15 is 0 Å². The van der Waals surface area contributed by atoms with Crippen LogP contribution in [-0.2, 0) is 195 Å². The van der Waals surface area contributed by atoms with Crippen LogP contribution in [0.4, 0.5) is 5.69 Å². The van der Waals surface area contributed by atoms with Gasteiger partial charge in [-0.05, 0) is 18.2 Å². The number of hydrogen-bond donors (Lipinski definition) is 0. The minimum absolute atomic E-state index is 0.302. The number of hydrogen-bond acceptors (Lipinski definition) is 44. The topological polar surface area (TPSA) is 564 Å². The SMILES string of the molecule is CC(=O)OC[C@H]1O[C@@H](Oc2ccc([N+](=O)[O-])cc2Cl)[C@H](OC(C)=O)[C@@H](OC(C)=O)[C@@H]1O[C@H]1O[C@H](COC(C)=O)[C@@H](O[C@H]2O[C@H](COC(C)=O)[C@@H](O[C@H]3O[C@H](COC(C)=O)[C@@H](O[C@H]4O[C@H](CS(=O)(=O)c5ccccc5)[C@@H](OC(C)=O)[C@H](OC(C)=O)[C@H]4OC(C)=O)[C@H](OC(C)=O)[C@H]3OC(C)=O)[C@H](OC(C)=O)[C@H]2OC(C)=O)[C@H](OC(C)=O)[C@H]1OC(C)=O. The Kier molecular flexibility index (Phi) is 34.6. The zero-order chi connectivity index (χ0) is 88.4. The number of carbonyl (C=O) groups excluding carboxylic acids is 15.